The zero-order valence-corrected chi connectivity index (χ0v) is 8.97. The molecule has 2 heterocycles. The predicted octanol–water partition coefficient (Wildman–Crippen LogP) is 0.793. The molecule has 1 aromatic rings. The Kier molecular flexibility index (Phi) is 2.55. The molecule has 0 spiro atoms. The monoisotopic (exact) mass is 235 g/mol. The third-order valence-corrected chi connectivity index (χ3v) is 2.37. The SMILES string of the molecule is CC1=CC(=O)N(Cc2ccc(C(=O)O)o2)C1=O. The van der Waals surface area contributed by atoms with Gasteiger partial charge in [-0.25, -0.2) is 4.79 Å². The van der Waals surface area contributed by atoms with Crippen molar-refractivity contribution in [3.8, 4) is 0 Å². The van der Waals surface area contributed by atoms with Crippen molar-refractivity contribution >= 4 is 17.8 Å². The fraction of sp³-hybridized carbons (Fsp3) is 0.182. The van der Waals surface area contributed by atoms with E-state index in [1.54, 1.807) is 6.92 Å². The van der Waals surface area contributed by atoms with Crippen LogP contribution >= 0.6 is 0 Å². The number of carboxylic acid groups (broad SMARTS) is 1. The number of rotatable bonds is 3. The van der Waals surface area contributed by atoms with Gasteiger partial charge in [-0.2, -0.15) is 0 Å². The molecule has 0 bridgehead atoms. The molecular weight excluding hydrogens is 226 g/mol. The molecule has 6 heteroatoms. The van der Waals surface area contributed by atoms with Crippen molar-refractivity contribution in [1.29, 1.82) is 0 Å². The van der Waals surface area contributed by atoms with Gasteiger partial charge in [0.1, 0.15) is 5.76 Å². The summed E-state index contributed by atoms with van der Waals surface area (Å²) in [6.45, 7) is 1.49. The number of imide groups is 1. The summed E-state index contributed by atoms with van der Waals surface area (Å²) in [5.41, 5.74) is 0.361. The standard InChI is InChI=1S/C11H9NO5/c1-6-4-9(13)12(10(6)14)5-7-2-3-8(17-7)11(15)16/h2-4H,5H2,1H3,(H,15,16). The number of amides is 2. The summed E-state index contributed by atoms with van der Waals surface area (Å²) in [6, 6.07) is 2.71. The minimum atomic E-state index is -1.19. The van der Waals surface area contributed by atoms with Crippen LogP contribution in [0.2, 0.25) is 0 Å². The number of furan rings is 1. The largest absolute Gasteiger partial charge is 0.475 e. The molecule has 0 saturated heterocycles. The van der Waals surface area contributed by atoms with Crippen molar-refractivity contribution in [2.75, 3.05) is 0 Å². The Morgan fingerprint density at radius 1 is 1.41 bits per heavy atom. The van der Waals surface area contributed by atoms with Crippen LogP contribution in [0.15, 0.2) is 28.2 Å². The molecule has 0 saturated carbocycles. The normalized spacial score (nSPS) is 15.4. The lowest BCUT2D eigenvalue weighted by Crippen LogP contribution is -2.29. The van der Waals surface area contributed by atoms with E-state index in [0.29, 0.717) is 5.57 Å². The molecule has 0 unspecified atom stereocenters. The van der Waals surface area contributed by atoms with Crippen LogP contribution in [0.3, 0.4) is 0 Å². The van der Waals surface area contributed by atoms with Gasteiger partial charge in [-0.05, 0) is 19.1 Å². The van der Waals surface area contributed by atoms with E-state index in [1.807, 2.05) is 0 Å². The lowest BCUT2D eigenvalue weighted by molar-refractivity contribution is -0.138. The highest BCUT2D eigenvalue weighted by Crippen LogP contribution is 2.17. The van der Waals surface area contributed by atoms with Gasteiger partial charge in [0.05, 0.1) is 6.54 Å². The second-order valence-corrected chi connectivity index (χ2v) is 3.63. The number of hydrogen-bond acceptors (Lipinski definition) is 4. The summed E-state index contributed by atoms with van der Waals surface area (Å²) in [5, 5.41) is 8.65. The van der Waals surface area contributed by atoms with Crippen LogP contribution in [0.25, 0.3) is 0 Å². The molecule has 0 aliphatic carbocycles. The van der Waals surface area contributed by atoms with Gasteiger partial charge < -0.3 is 9.52 Å². The maximum absolute atomic E-state index is 11.5. The minimum Gasteiger partial charge on any atom is -0.475 e. The second kappa shape index (κ2) is 3.89. The van der Waals surface area contributed by atoms with Crippen LogP contribution in [0, 0.1) is 0 Å². The number of nitrogens with zero attached hydrogens (tertiary/aromatic N) is 1. The Labute approximate surface area is 96.1 Å². The fourth-order valence-corrected chi connectivity index (χ4v) is 1.52. The van der Waals surface area contributed by atoms with Crippen molar-refractivity contribution in [2.45, 2.75) is 13.5 Å². The van der Waals surface area contributed by atoms with Crippen molar-refractivity contribution in [3.05, 3.63) is 35.3 Å². The van der Waals surface area contributed by atoms with Crippen molar-refractivity contribution in [3.63, 3.8) is 0 Å². The van der Waals surface area contributed by atoms with Crippen LogP contribution in [-0.2, 0) is 16.1 Å². The molecule has 0 radical (unpaired) electrons. The molecule has 0 fully saturated rings. The molecule has 2 rings (SSSR count). The first kappa shape index (κ1) is 11.1. The van der Waals surface area contributed by atoms with Gasteiger partial charge in [0.2, 0.25) is 5.76 Å². The third kappa shape index (κ3) is 1.96. The van der Waals surface area contributed by atoms with Crippen LogP contribution in [0.1, 0.15) is 23.2 Å². The first-order chi connectivity index (χ1) is 7.99. The summed E-state index contributed by atoms with van der Waals surface area (Å²) in [7, 11) is 0. The number of carboxylic acids is 1. The van der Waals surface area contributed by atoms with Crippen molar-refractivity contribution < 1.29 is 23.9 Å². The topological polar surface area (TPSA) is 87.8 Å². The number of hydrogen-bond donors (Lipinski definition) is 1. The second-order valence-electron chi connectivity index (χ2n) is 3.63. The van der Waals surface area contributed by atoms with Gasteiger partial charge in [0, 0.05) is 11.6 Å². The summed E-state index contributed by atoms with van der Waals surface area (Å²) in [4.78, 5) is 34.5. The maximum Gasteiger partial charge on any atom is 0.371 e. The number of carbonyl (C=O) groups excluding carboxylic acids is 2. The van der Waals surface area contributed by atoms with Crippen molar-refractivity contribution in [2.24, 2.45) is 0 Å². The Balaban J connectivity index is 2.14. The smallest absolute Gasteiger partial charge is 0.371 e. The molecule has 1 aliphatic rings. The fourth-order valence-electron chi connectivity index (χ4n) is 1.52. The summed E-state index contributed by atoms with van der Waals surface area (Å²) in [6.07, 6.45) is 1.24. The zero-order chi connectivity index (χ0) is 12.6. The Morgan fingerprint density at radius 3 is 2.59 bits per heavy atom. The van der Waals surface area contributed by atoms with Crippen LogP contribution in [0.5, 0.6) is 0 Å². The van der Waals surface area contributed by atoms with E-state index in [-0.39, 0.29) is 24.0 Å². The molecule has 88 valence electrons. The molecule has 0 atom stereocenters. The van der Waals surface area contributed by atoms with E-state index in [4.69, 9.17) is 9.52 Å². The molecule has 6 nitrogen and oxygen atoms in total. The van der Waals surface area contributed by atoms with E-state index in [1.165, 1.54) is 18.2 Å². The molecule has 1 aliphatic heterocycles. The van der Waals surface area contributed by atoms with Gasteiger partial charge in [0.15, 0.2) is 0 Å². The van der Waals surface area contributed by atoms with E-state index in [2.05, 4.69) is 0 Å². The molecule has 0 aromatic carbocycles. The molecule has 17 heavy (non-hydrogen) atoms. The molecule has 1 N–H and O–H groups in total. The van der Waals surface area contributed by atoms with Crippen LogP contribution in [-0.4, -0.2) is 27.8 Å². The Bertz CT molecular complexity index is 540. The van der Waals surface area contributed by atoms with Crippen LogP contribution < -0.4 is 0 Å². The van der Waals surface area contributed by atoms with Gasteiger partial charge in [0.25, 0.3) is 11.8 Å². The third-order valence-electron chi connectivity index (χ3n) is 2.37. The molecule has 2 amide bonds. The van der Waals surface area contributed by atoms with Crippen molar-refractivity contribution in [1.82, 2.24) is 4.90 Å². The zero-order valence-electron chi connectivity index (χ0n) is 8.97. The summed E-state index contributed by atoms with van der Waals surface area (Å²) >= 11 is 0. The first-order valence-electron chi connectivity index (χ1n) is 4.85. The average Bonchev–Trinajstić information content (AvgIpc) is 2.80. The Morgan fingerprint density at radius 2 is 2.12 bits per heavy atom. The van der Waals surface area contributed by atoms with Crippen LogP contribution in [0.4, 0.5) is 0 Å². The Hall–Kier alpha value is -2.37. The van der Waals surface area contributed by atoms with Gasteiger partial charge in [-0.3, -0.25) is 14.5 Å². The van der Waals surface area contributed by atoms with Gasteiger partial charge in [-0.1, -0.05) is 0 Å². The first-order valence-corrected chi connectivity index (χ1v) is 4.85. The summed E-state index contributed by atoms with van der Waals surface area (Å²) in [5.74, 6) is -1.95. The quantitative estimate of drug-likeness (QED) is 0.782. The van der Waals surface area contributed by atoms with E-state index < -0.39 is 11.9 Å². The number of carbonyl (C=O) groups is 3. The highest BCUT2D eigenvalue weighted by atomic mass is 16.4. The lowest BCUT2D eigenvalue weighted by atomic mass is 10.3. The van der Waals surface area contributed by atoms with Gasteiger partial charge >= 0.3 is 5.97 Å². The van der Waals surface area contributed by atoms with E-state index in [0.717, 1.165) is 4.90 Å². The maximum atomic E-state index is 11.5. The number of aromatic carboxylic acids is 1. The molecule has 1 aromatic heterocycles. The predicted molar refractivity (Wildman–Crippen MR) is 55.0 cm³/mol. The molecular formula is C11H9NO5. The van der Waals surface area contributed by atoms with Gasteiger partial charge in [-0.15, -0.1) is 0 Å². The summed E-state index contributed by atoms with van der Waals surface area (Å²) < 4.78 is 4.97. The average molecular weight is 235 g/mol. The lowest BCUT2D eigenvalue weighted by Gasteiger charge is -2.11. The van der Waals surface area contributed by atoms with E-state index >= 15 is 0 Å². The minimum absolute atomic E-state index is 0.0568. The highest BCUT2D eigenvalue weighted by Gasteiger charge is 2.29. The highest BCUT2D eigenvalue weighted by molar-refractivity contribution is 6.15. The van der Waals surface area contributed by atoms with E-state index in [9.17, 15) is 14.4 Å².